The summed E-state index contributed by atoms with van der Waals surface area (Å²) in [5.41, 5.74) is 0.598. The molecule has 0 amide bonds. The Balaban J connectivity index is 1.46. The Kier molecular flexibility index (Phi) is 4.86. The highest BCUT2D eigenvalue weighted by atomic mass is 19.1. The van der Waals surface area contributed by atoms with Crippen LogP contribution in [-0.2, 0) is 6.54 Å². The van der Waals surface area contributed by atoms with E-state index in [0.717, 1.165) is 38.2 Å². The van der Waals surface area contributed by atoms with Crippen molar-refractivity contribution in [1.29, 1.82) is 0 Å². The molecule has 1 aliphatic carbocycles. The van der Waals surface area contributed by atoms with E-state index in [-0.39, 0.29) is 0 Å². The second kappa shape index (κ2) is 6.84. The molecule has 2 nitrogen and oxygen atoms in total. The highest BCUT2D eigenvalue weighted by molar-refractivity contribution is 5.18. The quantitative estimate of drug-likeness (QED) is 0.841. The second-order valence-electron chi connectivity index (χ2n) is 6.46. The van der Waals surface area contributed by atoms with E-state index < -0.39 is 11.6 Å². The van der Waals surface area contributed by atoms with E-state index >= 15 is 0 Å². The maximum atomic E-state index is 13.7. The summed E-state index contributed by atoms with van der Waals surface area (Å²) in [6.45, 7) is 5.91. The van der Waals surface area contributed by atoms with Crippen LogP contribution in [0.25, 0.3) is 0 Å². The number of rotatable bonds is 4. The van der Waals surface area contributed by atoms with E-state index in [0.29, 0.717) is 12.1 Å². The van der Waals surface area contributed by atoms with Crippen molar-refractivity contribution >= 4 is 0 Å². The first-order valence-corrected chi connectivity index (χ1v) is 8.09. The van der Waals surface area contributed by atoms with Crippen molar-refractivity contribution < 1.29 is 8.78 Å². The lowest BCUT2D eigenvalue weighted by Crippen LogP contribution is -2.47. The normalized spacial score (nSPS) is 22.0. The fourth-order valence-corrected chi connectivity index (χ4v) is 3.58. The van der Waals surface area contributed by atoms with Crippen LogP contribution < -0.4 is 0 Å². The number of piperazine rings is 1. The lowest BCUT2D eigenvalue weighted by atomic mass is 10.1. The summed E-state index contributed by atoms with van der Waals surface area (Å²) >= 11 is 0. The number of nitrogens with zero attached hydrogens (tertiary/aromatic N) is 2. The number of hydrogen-bond donors (Lipinski definition) is 0. The van der Waals surface area contributed by atoms with Crippen LogP contribution in [0.15, 0.2) is 18.2 Å². The first-order valence-electron chi connectivity index (χ1n) is 8.09. The largest absolute Gasteiger partial charge is 0.301 e. The molecule has 3 rings (SSSR count). The van der Waals surface area contributed by atoms with Crippen LogP contribution in [0.1, 0.15) is 31.2 Å². The maximum Gasteiger partial charge on any atom is 0.130 e. The molecule has 1 aromatic carbocycles. The van der Waals surface area contributed by atoms with Crippen molar-refractivity contribution in [3.05, 3.63) is 35.4 Å². The molecule has 0 radical (unpaired) electrons. The van der Waals surface area contributed by atoms with Gasteiger partial charge in [0.2, 0.25) is 0 Å². The molecule has 21 heavy (non-hydrogen) atoms. The van der Waals surface area contributed by atoms with Crippen LogP contribution >= 0.6 is 0 Å². The van der Waals surface area contributed by atoms with Crippen LogP contribution in [0, 0.1) is 17.6 Å². The third kappa shape index (κ3) is 4.01. The molecule has 1 heterocycles. The zero-order valence-electron chi connectivity index (χ0n) is 12.5. The van der Waals surface area contributed by atoms with Gasteiger partial charge in [-0.25, -0.2) is 8.78 Å². The first kappa shape index (κ1) is 14.9. The molecule has 0 spiro atoms. The summed E-state index contributed by atoms with van der Waals surface area (Å²) in [4.78, 5) is 4.81. The Morgan fingerprint density at radius 1 is 0.952 bits per heavy atom. The Morgan fingerprint density at radius 2 is 1.62 bits per heavy atom. The van der Waals surface area contributed by atoms with Crippen LogP contribution in [0.5, 0.6) is 0 Å². The Bertz CT molecular complexity index is 464. The molecule has 2 fully saturated rings. The summed E-state index contributed by atoms with van der Waals surface area (Å²) < 4.78 is 26.6. The van der Waals surface area contributed by atoms with Gasteiger partial charge in [-0.1, -0.05) is 18.9 Å². The summed E-state index contributed by atoms with van der Waals surface area (Å²) in [6.07, 6.45) is 5.57. The predicted molar refractivity (Wildman–Crippen MR) is 80.0 cm³/mol. The van der Waals surface area contributed by atoms with Crippen molar-refractivity contribution in [2.24, 2.45) is 5.92 Å². The first-order chi connectivity index (χ1) is 10.2. The zero-order chi connectivity index (χ0) is 14.7. The third-order valence-corrected chi connectivity index (χ3v) is 4.87. The molecular weight excluding hydrogens is 270 g/mol. The summed E-state index contributed by atoms with van der Waals surface area (Å²) in [5.74, 6) is -0.0351. The predicted octanol–water partition coefficient (Wildman–Crippen LogP) is 3.27. The average Bonchev–Trinajstić information content (AvgIpc) is 2.97. The molecule has 1 saturated carbocycles. The van der Waals surface area contributed by atoms with Crippen LogP contribution in [0.3, 0.4) is 0 Å². The van der Waals surface area contributed by atoms with Crippen LogP contribution in [0.2, 0.25) is 0 Å². The van der Waals surface area contributed by atoms with Crippen molar-refractivity contribution in [3.8, 4) is 0 Å². The summed E-state index contributed by atoms with van der Waals surface area (Å²) in [7, 11) is 0. The van der Waals surface area contributed by atoms with E-state index in [9.17, 15) is 8.78 Å². The molecule has 0 N–H and O–H groups in total. The van der Waals surface area contributed by atoms with E-state index in [1.54, 1.807) is 6.07 Å². The zero-order valence-corrected chi connectivity index (χ0v) is 12.5. The standard InChI is InChI=1S/C17H24F2N2/c18-16-6-5-15(17(19)11-16)13-21-9-7-20(8-10-21)12-14-3-1-2-4-14/h5-6,11,14H,1-4,7-10,12-13H2. The molecule has 1 aromatic rings. The summed E-state index contributed by atoms with van der Waals surface area (Å²) in [6, 6.07) is 3.88. The third-order valence-electron chi connectivity index (χ3n) is 4.87. The van der Waals surface area contributed by atoms with Gasteiger partial charge in [-0.2, -0.15) is 0 Å². The van der Waals surface area contributed by atoms with Gasteiger partial charge in [-0.05, 0) is 24.8 Å². The van der Waals surface area contributed by atoms with E-state index in [4.69, 9.17) is 0 Å². The molecule has 0 bridgehead atoms. The lowest BCUT2D eigenvalue weighted by molar-refractivity contribution is 0.113. The highest BCUT2D eigenvalue weighted by Gasteiger charge is 2.22. The van der Waals surface area contributed by atoms with Crippen molar-refractivity contribution in [2.75, 3.05) is 32.7 Å². The van der Waals surface area contributed by atoms with Crippen molar-refractivity contribution in [3.63, 3.8) is 0 Å². The molecule has 116 valence electrons. The van der Waals surface area contributed by atoms with E-state index in [1.807, 2.05) is 0 Å². The minimum absolute atomic E-state index is 0.427. The summed E-state index contributed by atoms with van der Waals surface area (Å²) in [5, 5.41) is 0. The van der Waals surface area contributed by atoms with Gasteiger partial charge in [0.25, 0.3) is 0 Å². The second-order valence-corrected chi connectivity index (χ2v) is 6.46. The monoisotopic (exact) mass is 294 g/mol. The topological polar surface area (TPSA) is 6.48 Å². The Labute approximate surface area is 125 Å². The van der Waals surface area contributed by atoms with Gasteiger partial charge >= 0.3 is 0 Å². The van der Waals surface area contributed by atoms with Gasteiger partial charge in [0.1, 0.15) is 11.6 Å². The number of hydrogen-bond acceptors (Lipinski definition) is 2. The maximum absolute atomic E-state index is 13.7. The average molecular weight is 294 g/mol. The van der Waals surface area contributed by atoms with E-state index in [1.165, 1.54) is 38.3 Å². The Morgan fingerprint density at radius 3 is 2.29 bits per heavy atom. The lowest BCUT2D eigenvalue weighted by Gasteiger charge is -2.36. The molecule has 2 aliphatic rings. The minimum atomic E-state index is -0.502. The van der Waals surface area contributed by atoms with Gasteiger partial charge in [0.15, 0.2) is 0 Å². The fraction of sp³-hybridized carbons (Fsp3) is 0.647. The van der Waals surface area contributed by atoms with Crippen molar-refractivity contribution in [1.82, 2.24) is 9.80 Å². The molecular formula is C17H24F2N2. The van der Waals surface area contributed by atoms with Crippen LogP contribution in [-0.4, -0.2) is 42.5 Å². The molecule has 0 unspecified atom stereocenters. The molecule has 0 atom stereocenters. The van der Waals surface area contributed by atoms with Gasteiger partial charge in [-0.15, -0.1) is 0 Å². The molecule has 1 saturated heterocycles. The van der Waals surface area contributed by atoms with Crippen LogP contribution in [0.4, 0.5) is 8.78 Å². The van der Waals surface area contributed by atoms with Gasteiger partial charge in [0, 0.05) is 50.9 Å². The van der Waals surface area contributed by atoms with Gasteiger partial charge in [0.05, 0.1) is 0 Å². The molecule has 1 aliphatic heterocycles. The fourth-order valence-electron chi connectivity index (χ4n) is 3.58. The highest BCUT2D eigenvalue weighted by Crippen LogP contribution is 2.26. The molecule has 0 aromatic heterocycles. The van der Waals surface area contributed by atoms with Gasteiger partial charge < -0.3 is 4.90 Å². The number of halogens is 2. The number of benzene rings is 1. The molecule has 4 heteroatoms. The van der Waals surface area contributed by atoms with E-state index in [2.05, 4.69) is 9.80 Å². The SMILES string of the molecule is Fc1ccc(CN2CCN(CC3CCCC3)CC2)c(F)c1. The Hall–Kier alpha value is -1.00. The van der Waals surface area contributed by atoms with Gasteiger partial charge in [-0.3, -0.25) is 4.90 Å². The minimum Gasteiger partial charge on any atom is -0.301 e. The smallest absolute Gasteiger partial charge is 0.130 e. The van der Waals surface area contributed by atoms with Crippen molar-refractivity contribution in [2.45, 2.75) is 32.2 Å².